The number of hydrogen-bond donors (Lipinski definition) is 1. The van der Waals surface area contributed by atoms with Crippen LogP contribution >= 0.6 is 0 Å². The zero-order chi connectivity index (χ0) is 15.0. The first-order valence-electron chi connectivity index (χ1n) is 6.84. The fourth-order valence-corrected chi connectivity index (χ4v) is 2.03. The summed E-state index contributed by atoms with van der Waals surface area (Å²) in [6, 6.07) is 3.84. The number of nitrogens with one attached hydrogen (secondary N) is 1. The first-order valence-corrected chi connectivity index (χ1v) is 6.84. The van der Waals surface area contributed by atoms with Gasteiger partial charge in [-0.25, -0.2) is 0 Å². The van der Waals surface area contributed by atoms with E-state index in [4.69, 9.17) is 14.2 Å². The van der Waals surface area contributed by atoms with Gasteiger partial charge in [0.25, 0.3) is 0 Å². The van der Waals surface area contributed by atoms with Gasteiger partial charge in [-0.1, -0.05) is 6.92 Å². The topological polar surface area (TPSA) is 43.0 Å². The molecule has 5 heteroatoms. The Morgan fingerprint density at radius 2 is 1.60 bits per heavy atom. The monoisotopic (exact) mass is 282 g/mol. The number of likely N-dealkylation sites (N-methyl/N-ethyl adjacent to an activating group) is 2. The molecule has 0 unspecified atom stereocenters. The molecule has 114 valence electrons. The molecule has 0 heterocycles. The SMILES string of the molecule is CCNCCN(C)Cc1cc(OC)c(OC)cc1OC. The summed E-state index contributed by atoms with van der Waals surface area (Å²) < 4.78 is 16.1. The molecule has 0 amide bonds. The number of benzene rings is 1. The molecule has 5 nitrogen and oxygen atoms in total. The lowest BCUT2D eigenvalue weighted by molar-refractivity contribution is 0.311. The second-order valence-electron chi connectivity index (χ2n) is 4.61. The zero-order valence-electron chi connectivity index (χ0n) is 13.2. The summed E-state index contributed by atoms with van der Waals surface area (Å²) in [5.74, 6) is 2.23. The van der Waals surface area contributed by atoms with Crippen LogP contribution in [0.1, 0.15) is 12.5 Å². The molecule has 0 saturated heterocycles. The molecule has 0 spiro atoms. The minimum Gasteiger partial charge on any atom is -0.496 e. The first kappa shape index (κ1) is 16.6. The fraction of sp³-hybridized carbons (Fsp3) is 0.600. The van der Waals surface area contributed by atoms with Crippen molar-refractivity contribution in [2.45, 2.75) is 13.5 Å². The van der Waals surface area contributed by atoms with Crippen LogP contribution in [-0.4, -0.2) is 52.9 Å². The van der Waals surface area contributed by atoms with Crippen LogP contribution in [0.5, 0.6) is 17.2 Å². The molecular formula is C15H26N2O3. The van der Waals surface area contributed by atoms with Crippen molar-refractivity contribution in [3.8, 4) is 17.2 Å². The van der Waals surface area contributed by atoms with Gasteiger partial charge in [0, 0.05) is 31.3 Å². The van der Waals surface area contributed by atoms with E-state index < -0.39 is 0 Å². The summed E-state index contributed by atoms with van der Waals surface area (Å²) in [5.41, 5.74) is 1.09. The smallest absolute Gasteiger partial charge is 0.164 e. The molecule has 1 aromatic carbocycles. The second kappa shape index (κ2) is 8.66. The van der Waals surface area contributed by atoms with Crippen molar-refractivity contribution in [1.29, 1.82) is 0 Å². The van der Waals surface area contributed by atoms with E-state index in [2.05, 4.69) is 24.2 Å². The molecule has 0 aliphatic rings. The van der Waals surface area contributed by atoms with Gasteiger partial charge in [0.15, 0.2) is 11.5 Å². The van der Waals surface area contributed by atoms with Gasteiger partial charge < -0.3 is 24.4 Å². The lowest BCUT2D eigenvalue weighted by atomic mass is 10.1. The minimum atomic E-state index is 0.684. The van der Waals surface area contributed by atoms with E-state index in [0.29, 0.717) is 5.75 Å². The Balaban J connectivity index is 2.82. The summed E-state index contributed by atoms with van der Waals surface area (Å²) in [5, 5.41) is 3.32. The lowest BCUT2D eigenvalue weighted by Gasteiger charge is -2.20. The van der Waals surface area contributed by atoms with Crippen LogP contribution in [0.4, 0.5) is 0 Å². The maximum atomic E-state index is 5.44. The van der Waals surface area contributed by atoms with Gasteiger partial charge in [-0.3, -0.25) is 0 Å². The molecule has 0 aliphatic heterocycles. The third-order valence-corrected chi connectivity index (χ3v) is 3.15. The van der Waals surface area contributed by atoms with Gasteiger partial charge in [-0.15, -0.1) is 0 Å². The van der Waals surface area contributed by atoms with E-state index in [0.717, 1.165) is 43.2 Å². The average Bonchev–Trinajstić information content (AvgIpc) is 2.47. The Morgan fingerprint density at radius 3 is 2.15 bits per heavy atom. The van der Waals surface area contributed by atoms with Crippen LogP contribution in [0, 0.1) is 0 Å². The maximum absolute atomic E-state index is 5.44. The molecule has 1 rings (SSSR count). The van der Waals surface area contributed by atoms with Crippen LogP contribution < -0.4 is 19.5 Å². The van der Waals surface area contributed by atoms with Crippen molar-refractivity contribution in [2.75, 3.05) is 48.0 Å². The highest BCUT2D eigenvalue weighted by Gasteiger charge is 2.13. The predicted octanol–water partition coefficient (Wildman–Crippen LogP) is 1.75. The normalized spacial score (nSPS) is 10.7. The largest absolute Gasteiger partial charge is 0.496 e. The second-order valence-corrected chi connectivity index (χ2v) is 4.61. The van der Waals surface area contributed by atoms with Crippen molar-refractivity contribution in [2.24, 2.45) is 0 Å². The molecule has 0 atom stereocenters. The van der Waals surface area contributed by atoms with Crippen LogP contribution in [0.3, 0.4) is 0 Å². The molecule has 20 heavy (non-hydrogen) atoms. The molecule has 0 bridgehead atoms. The van der Waals surface area contributed by atoms with Gasteiger partial charge in [0.2, 0.25) is 0 Å². The highest BCUT2D eigenvalue weighted by molar-refractivity contribution is 5.50. The van der Waals surface area contributed by atoms with E-state index in [-0.39, 0.29) is 0 Å². The first-order chi connectivity index (χ1) is 9.65. The van der Waals surface area contributed by atoms with Crippen LogP contribution in [0.2, 0.25) is 0 Å². The summed E-state index contributed by atoms with van der Waals surface area (Å²) in [4.78, 5) is 2.24. The Hall–Kier alpha value is -1.46. The van der Waals surface area contributed by atoms with Crippen LogP contribution in [0.25, 0.3) is 0 Å². The van der Waals surface area contributed by atoms with Gasteiger partial charge in [-0.05, 0) is 19.7 Å². The predicted molar refractivity (Wildman–Crippen MR) is 81.0 cm³/mol. The van der Waals surface area contributed by atoms with Crippen molar-refractivity contribution < 1.29 is 14.2 Å². The van der Waals surface area contributed by atoms with Gasteiger partial charge in [0.05, 0.1) is 21.3 Å². The van der Waals surface area contributed by atoms with E-state index in [9.17, 15) is 0 Å². The Bertz CT molecular complexity index is 410. The maximum Gasteiger partial charge on any atom is 0.164 e. The highest BCUT2D eigenvalue weighted by atomic mass is 16.5. The van der Waals surface area contributed by atoms with E-state index >= 15 is 0 Å². The Kier molecular flexibility index (Phi) is 7.18. The average molecular weight is 282 g/mol. The quantitative estimate of drug-likeness (QED) is 0.699. The lowest BCUT2D eigenvalue weighted by Crippen LogP contribution is -2.28. The van der Waals surface area contributed by atoms with Crippen molar-refractivity contribution in [1.82, 2.24) is 10.2 Å². The molecule has 1 aromatic rings. The van der Waals surface area contributed by atoms with Gasteiger partial charge in [0.1, 0.15) is 5.75 Å². The third-order valence-electron chi connectivity index (χ3n) is 3.15. The number of nitrogens with zero attached hydrogens (tertiary/aromatic N) is 1. The van der Waals surface area contributed by atoms with E-state index in [1.807, 2.05) is 12.1 Å². The number of methoxy groups -OCH3 is 3. The molecule has 0 aromatic heterocycles. The molecular weight excluding hydrogens is 256 g/mol. The summed E-state index contributed by atoms with van der Waals surface area (Å²) in [6.07, 6.45) is 0. The molecule has 0 saturated carbocycles. The van der Waals surface area contributed by atoms with Gasteiger partial charge >= 0.3 is 0 Å². The van der Waals surface area contributed by atoms with Crippen molar-refractivity contribution >= 4 is 0 Å². The Morgan fingerprint density at radius 1 is 1.00 bits per heavy atom. The molecule has 1 N–H and O–H groups in total. The van der Waals surface area contributed by atoms with Gasteiger partial charge in [-0.2, -0.15) is 0 Å². The Labute approximate surface area is 121 Å². The fourth-order valence-electron chi connectivity index (χ4n) is 2.03. The van der Waals surface area contributed by atoms with Crippen LogP contribution in [-0.2, 0) is 6.54 Å². The molecule has 0 radical (unpaired) electrons. The number of ether oxygens (including phenoxy) is 3. The standard InChI is InChI=1S/C15H26N2O3/c1-6-16-7-8-17(2)11-12-9-14(19-4)15(20-5)10-13(12)18-3/h9-10,16H,6-8,11H2,1-5H3. The number of hydrogen-bond acceptors (Lipinski definition) is 5. The highest BCUT2D eigenvalue weighted by Crippen LogP contribution is 2.34. The summed E-state index contributed by atoms with van der Waals surface area (Å²) >= 11 is 0. The zero-order valence-corrected chi connectivity index (χ0v) is 13.2. The third kappa shape index (κ3) is 4.58. The summed E-state index contributed by atoms with van der Waals surface area (Å²) in [6.45, 7) is 5.85. The molecule has 0 fully saturated rings. The van der Waals surface area contributed by atoms with E-state index in [1.54, 1.807) is 21.3 Å². The summed E-state index contributed by atoms with van der Waals surface area (Å²) in [7, 11) is 7.03. The van der Waals surface area contributed by atoms with Crippen molar-refractivity contribution in [3.63, 3.8) is 0 Å². The van der Waals surface area contributed by atoms with E-state index in [1.165, 1.54) is 0 Å². The van der Waals surface area contributed by atoms with Crippen molar-refractivity contribution in [3.05, 3.63) is 17.7 Å². The number of rotatable bonds is 9. The minimum absolute atomic E-state index is 0.684. The van der Waals surface area contributed by atoms with Crippen LogP contribution in [0.15, 0.2) is 12.1 Å². The molecule has 0 aliphatic carbocycles.